The third kappa shape index (κ3) is 4.01. The maximum Gasteiger partial charge on any atom is 0.174 e. The van der Waals surface area contributed by atoms with E-state index in [1.54, 1.807) is 24.4 Å². The zero-order valence-corrected chi connectivity index (χ0v) is 11.3. The number of hydrogen-bond acceptors (Lipinski definition) is 4. The number of ether oxygens (including phenoxy) is 1. The van der Waals surface area contributed by atoms with E-state index < -0.39 is 0 Å². The zero-order valence-electron chi connectivity index (χ0n) is 10.6. The van der Waals surface area contributed by atoms with E-state index in [0.29, 0.717) is 16.3 Å². The van der Waals surface area contributed by atoms with Crippen LogP contribution in [0.25, 0.3) is 0 Å². The van der Waals surface area contributed by atoms with E-state index in [1.165, 1.54) is 0 Å². The lowest BCUT2D eigenvalue weighted by molar-refractivity contribution is 0.367. The zero-order chi connectivity index (χ0) is 14.2. The number of anilines is 1. The van der Waals surface area contributed by atoms with Gasteiger partial charge in [0.25, 0.3) is 0 Å². The summed E-state index contributed by atoms with van der Waals surface area (Å²) >= 11 is 5.94. The number of halogens is 1. The maximum absolute atomic E-state index is 8.55. The van der Waals surface area contributed by atoms with Gasteiger partial charge in [-0.15, -0.1) is 0 Å². The first-order chi connectivity index (χ1) is 9.79. The molecule has 0 radical (unpaired) electrons. The fraction of sp³-hybridized carbons (Fsp3) is 0.0667. The van der Waals surface area contributed by atoms with E-state index in [1.807, 2.05) is 36.4 Å². The van der Waals surface area contributed by atoms with Crippen molar-refractivity contribution in [3.8, 4) is 11.8 Å². The standard InChI is InChI=1S/C15H12ClN3O/c16-13-6-7-15(20-9-8-17)12(10-13)11-18-19-14-4-2-1-3-5-14/h1-7,10-11,19H,9H2. The molecule has 0 aliphatic carbocycles. The molecule has 0 aromatic heterocycles. The Bertz CT molecular complexity index is 635. The second-order valence-corrected chi connectivity index (χ2v) is 4.30. The van der Waals surface area contributed by atoms with Gasteiger partial charge in [-0.3, -0.25) is 5.43 Å². The van der Waals surface area contributed by atoms with Gasteiger partial charge in [0.15, 0.2) is 6.61 Å². The predicted octanol–water partition coefficient (Wildman–Crippen LogP) is 3.69. The maximum atomic E-state index is 8.55. The number of nitriles is 1. The summed E-state index contributed by atoms with van der Waals surface area (Å²) in [6.07, 6.45) is 1.60. The molecule has 2 rings (SSSR count). The average molecular weight is 286 g/mol. The van der Waals surface area contributed by atoms with Crippen LogP contribution in [0.15, 0.2) is 53.6 Å². The van der Waals surface area contributed by atoms with E-state index >= 15 is 0 Å². The normalized spacial score (nSPS) is 10.2. The fourth-order valence-corrected chi connectivity index (χ4v) is 1.73. The molecule has 2 aromatic carbocycles. The van der Waals surface area contributed by atoms with Crippen LogP contribution in [0.1, 0.15) is 5.56 Å². The Labute approximate surface area is 122 Å². The van der Waals surface area contributed by atoms with Gasteiger partial charge in [-0.1, -0.05) is 29.8 Å². The minimum absolute atomic E-state index is 0.0193. The summed E-state index contributed by atoms with van der Waals surface area (Å²) < 4.78 is 5.31. The molecule has 1 N–H and O–H groups in total. The Morgan fingerprint density at radius 2 is 2.05 bits per heavy atom. The van der Waals surface area contributed by atoms with Crippen LogP contribution in [0.5, 0.6) is 5.75 Å². The molecule has 0 aliphatic rings. The number of hydrogen-bond donors (Lipinski definition) is 1. The Morgan fingerprint density at radius 3 is 2.80 bits per heavy atom. The van der Waals surface area contributed by atoms with Crippen molar-refractivity contribution >= 4 is 23.5 Å². The number of nitrogens with zero attached hydrogens (tertiary/aromatic N) is 2. The summed E-state index contributed by atoms with van der Waals surface area (Å²) in [5.41, 5.74) is 4.49. The van der Waals surface area contributed by atoms with E-state index in [9.17, 15) is 0 Å². The first kappa shape index (κ1) is 13.9. The Kier molecular flexibility index (Phi) is 4.99. The molecule has 2 aromatic rings. The molecule has 0 amide bonds. The molecular formula is C15H12ClN3O. The molecule has 100 valence electrons. The predicted molar refractivity (Wildman–Crippen MR) is 80.2 cm³/mol. The lowest BCUT2D eigenvalue weighted by Gasteiger charge is -2.06. The minimum Gasteiger partial charge on any atom is -0.478 e. The molecule has 0 unspecified atom stereocenters. The van der Waals surface area contributed by atoms with Crippen LogP contribution < -0.4 is 10.2 Å². The summed E-state index contributed by atoms with van der Waals surface area (Å²) in [5, 5.41) is 13.3. The van der Waals surface area contributed by atoms with Crippen LogP contribution >= 0.6 is 11.6 Å². The molecule has 0 saturated carbocycles. The lowest BCUT2D eigenvalue weighted by atomic mass is 10.2. The largest absolute Gasteiger partial charge is 0.478 e. The number of benzene rings is 2. The van der Waals surface area contributed by atoms with Crippen LogP contribution in [0.3, 0.4) is 0 Å². The van der Waals surface area contributed by atoms with Crippen LogP contribution in [0.2, 0.25) is 5.02 Å². The molecule has 0 aliphatic heterocycles. The van der Waals surface area contributed by atoms with Gasteiger partial charge in [0, 0.05) is 10.6 Å². The lowest BCUT2D eigenvalue weighted by Crippen LogP contribution is -1.98. The first-order valence-corrected chi connectivity index (χ1v) is 6.31. The van der Waals surface area contributed by atoms with Crippen molar-refractivity contribution in [1.82, 2.24) is 0 Å². The summed E-state index contributed by atoms with van der Waals surface area (Å²) in [6, 6.07) is 16.6. The quantitative estimate of drug-likeness (QED) is 0.673. The second-order valence-electron chi connectivity index (χ2n) is 3.86. The summed E-state index contributed by atoms with van der Waals surface area (Å²) in [6.45, 7) is -0.0193. The van der Waals surface area contributed by atoms with Crippen molar-refractivity contribution in [3.63, 3.8) is 0 Å². The van der Waals surface area contributed by atoms with E-state index in [0.717, 1.165) is 5.69 Å². The molecule has 0 atom stereocenters. The highest BCUT2D eigenvalue weighted by Crippen LogP contribution is 2.21. The van der Waals surface area contributed by atoms with Crippen LogP contribution in [-0.4, -0.2) is 12.8 Å². The Balaban J connectivity index is 2.11. The Hall–Kier alpha value is -2.51. The number of nitrogens with one attached hydrogen (secondary N) is 1. The van der Waals surface area contributed by atoms with Gasteiger partial charge in [-0.25, -0.2) is 0 Å². The van der Waals surface area contributed by atoms with Gasteiger partial charge in [0.05, 0.1) is 11.9 Å². The molecule has 5 heteroatoms. The molecule has 20 heavy (non-hydrogen) atoms. The van der Waals surface area contributed by atoms with E-state index in [-0.39, 0.29) is 6.61 Å². The van der Waals surface area contributed by atoms with Crippen molar-refractivity contribution in [2.24, 2.45) is 5.10 Å². The van der Waals surface area contributed by atoms with Crippen LogP contribution in [-0.2, 0) is 0 Å². The molecule has 0 saturated heterocycles. The van der Waals surface area contributed by atoms with Crippen molar-refractivity contribution in [3.05, 3.63) is 59.1 Å². The molecule has 0 fully saturated rings. The summed E-state index contributed by atoms with van der Waals surface area (Å²) in [7, 11) is 0. The molecule has 0 bridgehead atoms. The highest BCUT2D eigenvalue weighted by molar-refractivity contribution is 6.30. The van der Waals surface area contributed by atoms with Gasteiger partial charge in [-0.05, 0) is 30.3 Å². The van der Waals surface area contributed by atoms with Crippen molar-refractivity contribution in [2.75, 3.05) is 12.0 Å². The Morgan fingerprint density at radius 1 is 1.25 bits per heavy atom. The van der Waals surface area contributed by atoms with Gasteiger partial charge in [0.1, 0.15) is 11.8 Å². The van der Waals surface area contributed by atoms with Gasteiger partial charge in [0.2, 0.25) is 0 Å². The van der Waals surface area contributed by atoms with Gasteiger partial charge >= 0.3 is 0 Å². The van der Waals surface area contributed by atoms with Gasteiger partial charge in [-0.2, -0.15) is 10.4 Å². The second kappa shape index (κ2) is 7.17. The van der Waals surface area contributed by atoms with E-state index in [2.05, 4.69) is 10.5 Å². The monoisotopic (exact) mass is 285 g/mol. The molecule has 0 spiro atoms. The number of para-hydroxylation sites is 1. The summed E-state index contributed by atoms with van der Waals surface area (Å²) in [4.78, 5) is 0. The van der Waals surface area contributed by atoms with Gasteiger partial charge < -0.3 is 4.74 Å². The topological polar surface area (TPSA) is 57.4 Å². The fourth-order valence-electron chi connectivity index (χ4n) is 1.55. The van der Waals surface area contributed by atoms with Crippen molar-refractivity contribution in [1.29, 1.82) is 5.26 Å². The molecule has 0 heterocycles. The molecular weight excluding hydrogens is 274 g/mol. The van der Waals surface area contributed by atoms with Crippen LogP contribution in [0, 0.1) is 11.3 Å². The number of hydrazone groups is 1. The minimum atomic E-state index is -0.0193. The highest BCUT2D eigenvalue weighted by Gasteiger charge is 2.02. The van der Waals surface area contributed by atoms with Crippen molar-refractivity contribution < 1.29 is 4.74 Å². The third-order valence-electron chi connectivity index (χ3n) is 2.44. The molecule has 4 nitrogen and oxygen atoms in total. The van der Waals surface area contributed by atoms with Crippen molar-refractivity contribution in [2.45, 2.75) is 0 Å². The van der Waals surface area contributed by atoms with E-state index in [4.69, 9.17) is 21.6 Å². The smallest absolute Gasteiger partial charge is 0.174 e. The highest BCUT2D eigenvalue weighted by atomic mass is 35.5. The average Bonchev–Trinajstić information content (AvgIpc) is 2.47. The first-order valence-electron chi connectivity index (χ1n) is 5.93. The van der Waals surface area contributed by atoms with Crippen LogP contribution in [0.4, 0.5) is 5.69 Å². The number of rotatable bonds is 5. The summed E-state index contributed by atoms with van der Waals surface area (Å²) in [5.74, 6) is 0.564. The third-order valence-corrected chi connectivity index (χ3v) is 2.67. The SMILES string of the molecule is N#CCOc1ccc(Cl)cc1C=NNc1ccccc1.